The molecular formula is C14H18N6O2. The lowest BCUT2D eigenvalue weighted by atomic mass is 10.3. The lowest BCUT2D eigenvalue weighted by molar-refractivity contribution is 0.171. The first-order chi connectivity index (χ1) is 10.7. The number of anilines is 1. The van der Waals surface area contributed by atoms with Crippen LogP contribution in [0.5, 0.6) is 0 Å². The van der Waals surface area contributed by atoms with Crippen LogP contribution < -0.4 is 11.1 Å². The Labute approximate surface area is 127 Å². The molecule has 0 aliphatic heterocycles. The number of nitrogen functional groups attached to an aromatic ring is 1. The van der Waals surface area contributed by atoms with Gasteiger partial charge in [-0.25, -0.2) is 9.97 Å². The highest BCUT2D eigenvalue weighted by atomic mass is 16.5. The molecule has 0 spiro atoms. The Morgan fingerprint density at radius 3 is 3.05 bits per heavy atom. The van der Waals surface area contributed by atoms with Gasteiger partial charge in [0.2, 0.25) is 11.8 Å². The van der Waals surface area contributed by atoms with Crippen molar-refractivity contribution < 1.29 is 9.15 Å². The van der Waals surface area contributed by atoms with Crippen molar-refractivity contribution in [3.63, 3.8) is 0 Å². The Bertz CT molecular complexity index is 752. The highest BCUT2D eigenvalue weighted by Gasteiger charge is 2.12. The molecule has 0 saturated carbocycles. The van der Waals surface area contributed by atoms with E-state index in [1.165, 1.54) is 4.52 Å². The van der Waals surface area contributed by atoms with Gasteiger partial charge in [-0.05, 0) is 19.1 Å². The first-order valence-electron chi connectivity index (χ1n) is 6.95. The number of nitrogens with zero attached hydrogens (tertiary/aromatic N) is 4. The summed E-state index contributed by atoms with van der Waals surface area (Å²) in [6.07, 6.45) is 1.58. The Morgan fingerprint density at radius 2 is 2.32 bits per heavy atom. The summed E-state index contributed by atoms with van der Waals surface area (Å²) in [5, 5.41) is 7.61. The van der Waals surface area contributed by atoms with E-state index in [2.05, 4.69) is 20.4 Å². The first-order valence-corrected chi connectivity index (χ1v) is 6.95. The quantitative estimate of drug-likeness (QED) is 0.702. The van der Waals surface area contributed by atoms with Gasteiger partial charge in [0, 0.05) is 25.8 Å². The van der Waals surface area contributed by atoms with Gasteiger partial charge in [0.05, 0.1) is 18.6 Å². The van der Waals surface area contributed by atoms with Crippen LogP contribution >= 0.6 is 0 Å². The molecule has 1 atom stereocenters. The van der Waals surface area contributed by atoms with E-state index in [0.29, 0.717) is 36.3 Å². The fraction of sp³-hybridized carbons (Fsp3) is 0.357. The number of rotatable bonds is 6. The summed E-state index contributed by atoms with van der Waals surface area (Å²) in [5.74, 6) is 1.37. The first kappa shape index (κ1) is 14.5. The van der Waals surface area contributed by atoms with Crippen LogP contribution in [0.1, 0.15) is 12.6 Å². The summed E-state index contributed by atoms with van der Waals surface area (Å²) in [6.45, 7) is 3.25. The molecule has 0 aliphatic carbocycles. The second-order valence-electron chi connectivity index (χ2n) is 5.03. The lowest BCUT2D eigenvalue weighted by Crippen LogP contribution is -2.30. The predicted octanol–water partition coefficient (Wildman–Crippen LogP) is 1.09. The average Bonchev–Trinajstić information content (AvgIpc) is 3.14. The largest absolute Gasteiger partial charge is 0.461 e. The summed E-state index contributed by atoms with van der Waals surface area (Å²) in [6, 6.07) is 5.66. The molecule has 116 valence electrons. The molecule has 8 heteroatoms. The van der Waals surface area contributed by atoms with Crippen molar-refractivity contribution in [3.8, 4) is 11.6 Å². The van der Waals surface area contributed by atoms with Crippen molar-refractivity contribution in [1.29, 1.82) is 0 Å². The minimum atomic E-state index is 0.223. The van der Waals surface area contributed by atoms with E-state index < -0.39 is 0 Å². The molecule has 1 unspecified atom stereocenters. The second kappa shape index (κ2) is 6.12. The Balaban J connectivity index is 1.85. The molecule has 0 saturated heterocycles. The van der Waals surface area contributed by atoms with Crippen LogP contribution in [0.2, 0.25) is 0 Å². The van der Waals surface area contributed by atoms with Crippen molar-refractivity contribution in [1.82, 2.24) is 24.9 Å². The maximum Gasteiger partial charge on any atom is 0.223 e. The fourth-order valence-corrected chi connectivity index (χ4v) is 2.15. The van der Waals surface area contributed by atoms with Gasteiger partial charge in [0.15, 0.2) is 11.4 Å². The number of hydrogen-bond donors (Lipinski definition) is 2. The zero-order chi connectivity index (χ0) is 15.5. The summed E-state index contributed by atoms with van der Waals surface area (Å²) >= 11 is 0. The predicted molar refractivity (Wildman–Crippen MR) is 81.1 cm³/mol. The van der Waals surface area contributed by atoms with Crippen LogP contribution in [0.15, 0.2) is 28.9 Å². The van der Waals surface area contributed by atoms with Gasteiger partial charge in [-0.15, -0.1) is 5.10 Å². The van der Waals surface area contributed by atoms with Gasteiger partial charge in [-0.2, -0.15) is 4.52 Å². The highest BCUT2D eigenvalue weighted by molar-refractivity contribution is 5.54. The number of methoxy groups -OCH3 is 1. The molecule has 3 rings (SSSR count). The lowest BCUT2D eigenvalue weighted by Gasteiger charge is -2.12. The molecule has 0 fully saturated rings. The third kappa shape index (κ3) is 2.92. The van der Waals surface area contributed by atoms with Crippen molar-refractivity contribution in [2.24, 2.45) is 0 Å². The highest BCUT2D eigenvalue weighted by Crippen LogP contribution is 2.18. The number of fused-ring (bicyclic) bond motifs is 1. The number of furan rings is 1. The topological polar surface area (TPSA) is 104 Å². The fourth-order valence-electron chi connectivity index (χ4n) is 2.15. The van der Waals surface area contributed by atoms with Crippen LogP contribution in [0.3, 0.4) is 0 Å². The SMILES string of the molecule is COCC(C)NCc1cc2nc(-c3ccco3)nn2c(N)n1. The van der Waals surface area contributed by atoms with Gasteiger partial charge in [-0.3, -0.25) is 0 Å². The van der Waals surface area contributed by atoms with Crippen molar-refractivity contribution in [2.75, 3.05) is 19.5 Å². The van der Waals surface area contributed by atoms with Gasteiger partial charge in [0.1, 0.15) is 0 Å². The summed E-state index contributed by atoms with van der Waals surface area (Å²) < 4.78 is 11.9. The van der Waals surface area contributed by atoms with Crippen LogP contribution in [-0.4, -0.2) is 39.3 Å². The van der Waals surface area contributed by atoms with Crippen LogP contribution in [0, 0.1) is 0 Å². The summed E-state index contributed by atoms with van der Waals surface area (Å²) in [5.41, 5.74) is 7.39. The van der Waals surface area contributed by atoms with E-state index in [1.807, 2.05) is 13.0 Å². The Hall–Kier alpha value is -2.45. The molecule has 3 aromatic heterocycles. The van der Waals surface area contributed by atoms with Gasteiger partial charge in [0.25, 0.3) is 0 Å². The zero-order valence-electron chi connectivity index (χ0n) is 12.5. The van der Waals surface area contributed by atoms with E-state index >= 15 is 0 Å². The summed E-state index contributed by atoms with van der Waals surface area (Å²) in [7, 11) is 1.67. The second-order valence-corrected chi connectivity index (χ2v) is 5.03. The number of ether oxygens (including phenoxy) is 1. The minimum Gasteiger partial charge on any atom is -0.461 e. The minimum absolute atomic E-state index is 0.223. The molecule has 0 radical (unpaired) electrons. The molecule has 0 amide bonds. The molecule has 8 nitrogen and oxygen atoms in total. The van der Waals surface area contributed by atoms with E-state index in [0.717, 1.165) is 5.69 Å². The van der Waals surface area contributed by atoms with E-state index in [4.69, 9.17) is 14.9 Å². The smallest absolute Gasteiger partial charge is 0.223 e. The van der Waals surface area contributed by atoms with Gasteiger partial charge in [-0.1, -0.05) is 0 Å². The maximum absolute atomic E-state index is 5.96. The van der Waals surface area contributed by atoms with Gasteiger partial charge >= 0.3 is 0 Å². The molecule has 3 N–H and O–H groups in total. The van der Waals surface area contributed by atoms with Gasteiger partial charge < -0.3 is 20.2 Å². The van der Waals surface area contributed by atoms with Crippen LogP contribution in [0.25, 0.3) is 17.2 Å². The molecule has 0 bridgehead atoms. The Kier molecular flexibility index (Phi) is 4.03. The maximum atomic E-state index is 5.96. The van der Waals surface area contributed by atoms with Crippen LogP contribution in [-0.2, 0) is 11.3 Å². The number of hydrogen-bond acceptors (Lipinski definition) is 7. The van der Waals surface area contributed by atoms with Crippen molar-refractivity contribution >= 4 is 11.6 Å². The molecule has 0 aliphatic rings. The Morgan fingerprint density at radius 1 is 1.45 bits per heavy atom. The zero-order valence-corrected chi connectivity index (χ0v) is 12.5. The average molecular weight is 302 g/mol. The molecule has 22 heavy (non-hydrogen) atoms. The van der Waals surface area contributed by atoms with Crippen molar-refractivity contribution in [2.45, 2.75) is 19.5 Å². The third-order valence-corrected chi connectivity index (χ3v) is 3.19. The summed E-state index contributed by atoms with van der Waals surface area (Å²) in [4.78, 5) is 8.76. The monoisotopic (exact) mass is 302 g/mol. The standard InChI is InChI=1S/C14H18N6O2/c1-9(8-21-2)16-7-10-6-12-18-13(11-4-3-5-22-11)19-20(12)14(15)17-10/h3-6,9,16H,7-8H2,1-2H3,(H2,15,17). The van der Waals surface area contributed by atoms with Crippen molar-refractivity contribution in [3.05, 3.63) is 30.2 Å². The molecule has 3 aromatic rings. The van der Waals surface area contributed by atoms with E-state index in [1.54, 1.807) is 25.5 Å². The number of nitrogens with one attached hydrogen (secondary N) is 1. The van der Waals surface area contributed by atoms with E-state index in [9.17, 15) is 0 Å². The molecule has 3 heterocycles. The van der Waals surface area contributed by atoms with Crippen LogP contribution in [0.4, 0.5) is 5.95 Å². The van der Waals surface area contributed by atoms with E-state index in [-0.39, 0.29) is 6.04 Å². The third-order valence-electron chi connectivity index (χ3n) is 3.19. The number of aromatic nitrogens is 4. The molecular weight excluding hydrogens is 284 g/mol. The molecule has 0 aromatic carbocycles. The number of nitrogens with two attached hydrogens (primary N) is 1. The normalized spacial score (nSPS) is 12.8.